The van der Waals surface area contributed by atoms with Gasteiger partial charge >= 0.3 is 0 Å². The third-order valence-electron chi connectivity index (χ3n) is 2.94. The van der Waals surface area contributed by atoms with Crippen LogP contribution in [0.3, 0.4) is 0 Å². The summed E-state index contributed by atoms with van der Waals surface area (Å²) in [6.45, 7) is 3.52. The normalized spacial score (nSPS) is 50.7. The second-order valence-electron chi connectivity index (χ2n) is 3.31. The molecular weight excluding hydrogens is 112 g/mol. The monoisotopic (exact) mass is 126 g/mol. The van der Waals surface area contributed by atoms with E-state index in [1.54, 1.807) is 0 Å². The molecule has 2 aliphatic rings. The molecule has 0 spiro atoms. The van der Waals surface area contributed by atoms with Gasteiger partial charge in [-0.2, -0.15) is 0 Å². The SMILES string of the molecule is CC1[C@H]2C[C@H](CN2)N1C. The Balaban J connectivity index is 2.15. The van der Waals surface area contributed by atoms with Crippen molar-refractivity contribution >= 4 is 0 Å². The molecule has 0 aromatic carbocycles. The maximum atomic E-state index is 3.49. The average molecular weight is 126 g/mol. The van der Waals surface area contributed by atoms with E-state index in [1.807, 2.05) is 0 Å². The second-order valence-corrected chi connectivity index (χ2v) is 3.31. The lowest BCUT2D eigenvalue weighted by atomic mass is 10.2. The third kappa shape index (κ3) is 0.634. The van der Waals surface area contributed by atoms with Crippen LogP contribution in [0.1, 0.15) is 13.3 Å². The molecule has 0 amide bonds. The van der Waals surface area contributed by atoms with E-state index in [2.05, 4.69) is 24.2 Å². The third-order valence-corrected chi connectivity index (χ3v) is 2.94. The molecule has 0 aromatic rings. The molecule has 0 aromatic heterocycles. The molecule has 2 heterocycles. The quantitative estimate of drug-likeness (QED) is 0.493. The van der Waals surface area contributed by atoms with Crippen LogP contribution in [0.5, 0.6) is 0 Å². The lowest BCUT2D eigenvalue weighted by Gasteiger charge is -2.29. The second kappa shape index (κ2) is 1.70. The van der Waals surface area contributed by atoms with Gasteiger partial charge in [0.1, 0.15) is 0 Å². The maximum absolute atomic E-state index is 3.49. The molecule has 9 heavy (non-hydrogen) atoms. The Morgan fingerprint density at radius 1 is 1.56 bits per heavy atom. The largest absolute Gasteiger partial charge is 0.311 e. The van der Waals surface area contributed by atoms with Crippen molar-refractivity contribution in [3.63, 3.8) is 0 Å². The molecular formula is C7H14N2. The van der Waals surface area contributed by atoms with E-state index in [4.69, 9.17) is 0 Å². The number of hydrogen-bond acceptors (Lipinski definition) is 2. The fourth-order valence-corrected chi connectivity index (χ4v) is 2.04. The van der Waals surface area contributed by atoms with Crippen molar-refractivity contribution in [2.24, 2.45) is 0 Å². The zero-order chi connectivity index (χ0) is 6.43. The minimum absolute atomic E-state index is 0.767. The number of piperazine rings is 1. The standard InChI is InChI=1S/C7H14N2/c1-5-7-3-6(4-8-7)9(5)2/h5-8H,3-4H2,1-2H3/t5?,6-,7-/m1/s1. The fraction of sp³-hybridized carbons (Fsp3) is 1.00. The molecule has 52 valence electrons. The molecule has 2 bridgehead atoms. The lowest BCUT2D eigenvalue weighted by molar-refractivity contribution is 0.207. The van der Waals surface area contributed by atoms with Crippen molar-refractivity contribution in [2.75, 3.05) is 13.6 Å². The van der Waals surface area contributed by atoms with Gasteiger partial charge in [-0.25, -0.2) is 0 Å². The Kier molecular flexibility index (Phi) is 1.08. The topological polar surface area (TPSA) is 15.3 Å². The van der Waals surface area contributed by atoms with Crippen molar-refractivity contribution in [3.8, 4) is 0 Å². The number of rotatable bonds is 0. The summed E-state index contributed by atoms with van der Waals surface area (Å²) in [5.41, 5.74) is 0. The van der Waals surface area contributed by atoms with Crippen LogP contribution in [0, 0.1) is 0 Å². The van der Waals surface area contributed by atoms with E-state index in [0.717, 1.165) is 18.1 Å². The highest BCUT2D eigenvalue weighted by molar-refractivity contribution is 5.01. The first-order valence-corrected chi connectivity index (χ1v) is 3.74. The molecule has 0 saturated carbocycles. The van der Waals surface area contributed by atoms with Crippen LogP contribution in [0.4, 0.5) is 0 Å². The van der Waals surface area contributed by atoms with E-state index in [-0.39, 0.29) is 0 Å². The number of nitrogens with zero attached hydrogens (tertiary/aromatic N) is 1. The van der Waals surface area contributed by atoms with Gasteiger partial charge in [0.15, 0.2) is 0 Å². The number of likely N-dealkylation sites (N-methyl/N-ethyl adjacent to an activating group) is 1. The fourth-order valence-electron chi connectivity index (χ4n) is 2.04. The van der Waals surface area contributed by atoms with Crippen LogP contribution in [0.25, 0.3) is 0 Å². The van der Waals surface area contributed by atoms with E-state index < -0.39 is 0 Å². The zero-order valence-corrected chi connectivity index (χ0v) is 6.09. The van der Waals surface area contributed by atoms with Crippen molar-refractivity contribution in [1.29, 1.82) is 0 Å². The van der Waals surface area contributed by atoms with E-state index in [1.165, 1.54) is 13.0 Å². The lowest BCUT2D eigenvalue weighted by Crippen LogP contribution is -2.47. The van der Waals surface area contributed by atoms with Crippen LogP contribution >= 0.6 is 0 Å². The molecule has 2 saturated heterocycles. The van der Waals surface area contributed by atoms with Gasteiger partial charge in [-0.15, -0.1) is 0 Å². The Labute approximate surface area is 56.2 Å². The highest BCUT2D eigenvalue weighted by Crippen LogP contribution is 2.26. The van der Waals surface area contributed by atoms with Crippen LogP contribution in [0.15, 0.2) is 0 Å². The van der Waals surface area contributed by atoms with Gasteiger partial charge < -0.3 is 5.32 Å². The van der Waals surface area contributed by atoms with Crippen LogP contribution in [-0.2, 0) is 0 Å². The average Bonchev–Trinajstić information content (AvgIpc) is 2.37. The van der Waals surface area contributed by atoms with Gasteiger partial charge in [0, 0.05) is 24.7 Å². The van der Waals surface area contributed by atoms with E-state index in [9.17, 15) is 0 Å². The van der Waals surface area contributed by atoms with Crippen molar-refractivity contribution in [1.82, 2.24) is 10.2 Å². The van der Waals surface area contributed by atoms with Crippen molar-refractivity contribution in [2.45, 2.75) is 31.5 Å². The Morgan fingerprint density at radius 2 is 2.33 bits per heavy atom. The van der Waals surface area contributed by atoms with Gasteiger partial charge in [0.05, 0.1) is 0 Å². The number of nitrogens with one attached hydrogen (secondary N) is 1. The van der Waals surface area contributed by atoms with Crippen molar-refractivity contribution in [3.05, 3.63) is 0 Å². The van der Waals surface area contributed by atoms with E-state index in [0.29, 0.717) is 0 Å². The summed E-state index contributed by atoms with van der Waals surface area (Å²) in [4.78, 5) is 2.49. The molecule has 1 unspecified atom stereocenters. The summed E-state index contributed by atoms with van der Waals surface area (Å²) in [6.07, 6.45) is 1.37. The number of fused-ring (bicyclic) bond motifs is 2. The first kappa shape index (κ1) is 5.69. The Morgan fingerprint density at radius 3 is 2.67 bits per heavy atom. The van der Waals surface area contributed by atoms with Crippen LogP contribution in [0.2, 0.25) is 0 Å². The summed E-state index contributed by atoms with van der Waals surface area (Å²) in [7, 11) is 2.23. The number of hydrogen-bond donors (Lipinski definition) is 1. The minimum atomic E-state index is 0.767. The smallest absolute Gasteiger partial charge is 0.0236 e. The van der Waals surface area contributed by atoms with Crippen LogP contribution in [-0.4, -0.2) is 36.6 Å². The molecule has 0 aliphatic carbocycles. The zero-order valence-electron chi connectivity index (χ0n) is 6.09. The molecule has 2 heteroatoms. The predicted molar refractivity (Wildman–Crippen MR) is 37.4 cm³/mol. The maximum Gasteiger partial charge on any atom is 0.0236 e. The molecule has 2 fully saturated rings. The van der Waals surface area contributed by atoms with Crippen LogP contribution < -0.4 is 5.32 Å². The van der Waals surface area contributed by atoms with E-state index >= 15 is 0 Å². The summed E-state index contributed by atoms with van der Waals surface area (Å²) in [5, 5.41) is 3.49. The number of likely N-dealkylation sites (tertiary alicyclic amines) is 1. The van der Waals surface area contributed by atoms with Gasteiger partial charge in [-0.1, -0.05) is 0 Å². The highest BCUT2D eigenvalue weighted by atomic mass is 15.3. The van der Waals surface area contributed by atoms with Gasteiger partial charge in [-0.3, -0.25) is 4.90 Å². The summed E-state index contributed by atoms with van der Waals surface area (Å²) in [6, 6.07) is 2.40. The minimum Gasteiger partial charge on any atom is -0.311 e. The summed E-state index contributed by atoms with van der Waals surface area (Å²) < 4.78 is 0. The highest BCUT2D eigenvalue weighted by Gasteiger charge is 2.40. The predicted octanol–water partition coefficient (Wildman–Crippen LogP) is 0.0508. The summed E-state index contributed by atoms with van der Waals surface area (Å²) >= 11 is 0. The first-order chi connectivity index (χ1) is 4.29. The van der Waals surface area contributed by atoms with Gasteiger partial charge in [0.25, 0.3) is 0 Å². The molecule has 3 atom stereocenters. The summed E-state index contributed by atoms with van der Waals surface area (Å²) in [5.74, 6) is 0. The Hall–Kier alpha value is -0.0800. The Bertz CT molecular complexity index is 106. The van der Waals surface area contributed by atoms with Crippen molar-refractivity contribution < 1.29 is 0 Å². The molecule has 2 rings (SSSR count). The molecule has 1 N–H and O–H groups in total. The van der Waals surface area contributed by atoms with Gasteiger partial charge in [-0.05, 0) is 20.4 Å². The molecule has 2 nitrogen and oxygen atoms in total. The molecule has 2 aliphatic heterocycles. The van der Waals surface area contributed by atoms with Gasteiger partial charge in [0.2, 0.25) is 0 Å². The molecule has 0 radical (unpaired) electrons. The first-order valence-electron chi connectivity index (χ1n) is 3.74.